The molecular weight excluding hydrogens is 353 g/mol. The summed E-state index contributed by atoms with van der Waals surface area (Å²) in [6.45, 7) is 0. The van der Waals surface area contributed by atoms with Crippen molar-refractivity contribution in [2.45, 2.75) is 12.6 Å². The molecule has 0 N–H and O–H groups in total. The Labute approximate surface area is 144 Å². The van der Waals surface area contributed by atoms with Crippen LogP contribution in [0.15, 0.2) is 54.2 Å². The van der Waals surface area contributed by atoms with E-state index in [9.17, 15) is 18.0 Å². The third-order valence-corrected chi connectivity index (χ3v) is 4.03. The first-order valence-electron chi connectivity index (χ1n) is 7.14. The van der Waals surface area contributed by atoms with E-state index in [1.807, 2.05) is 0 Å². The summed E-state index contributed by atoms with van der Waals surface area (Å²) in [5.74, 6) is 0.621. The molecule has 0 atom stereocenters. The summed E-state index contributed by atoms with van der Waals surface area (Å²) < 4.78 is 43.3. The Morgan fingerprint density at radius 3 is 2.64 bits per heavy atom. The fraction of sp³-hybridized carbons (Fsp3) is 0.118. The first kappa shape index (κ1) is 17.1. The van der Waals surface area contributed by atoms with Crippen molar-refractivity contribution in [3.63, 3.8) is 0 Å². The first-order valence-corrected chi connectivity index (χ1v) is 8.02. The lowest BCUT2D eigenvalue weighted by Gasteiger charge is -2.06. The van der Waals surface area contributed by atoms with Gasteiger partial charge in [-0.1, -0.05) is 12.1 Å². The summed E-state index contributed by atoms with van der Waals surface area (Å²) in [6, 6.07) is 9.86. The zero-order valence-electron chi connectivity index (χ0n) is 12.7. The fourth-order valence-electron chi connectivity index (χ4n) is 2.04. The van der Waals surface area contributed by atoms with Crippen LogP contribution in [0, 0.1) is 0 Å². The lowest BCUT2D eigenvalue weighted by molar-refractivity contribution is -0.140. The number of hydrogen-bond donors (Lipinski definition) is 0. The van der Waals surface area contributed by atoms with Gasteiger partial charge in [0.2, 0.25) is 0 Å². The Bertz CT molecular complexity index is 879. The van der Waals surface area contributed by atoms with Gasteiger partial charge in [0.1, 0.15) is 16.5 Å². The Hall–Kier alpha value is -2.74. The number of carbonyl (C=O) groups is 1. The highest BCUT2D eigenvalue weighted by Gasteiger charge is 2.33. The predicted octanol–water partition coefficient (Wildman–Crippen LogP) is 4.77. The van der Waals surface area contributed by atoms with Crippen molar-refractivity contribution in [2.75, 3.05) is 0 Å². The zero-order chi connectivity index (χ0) is 17.9. The Morgan fingerprint density at radius 2 is 1.96 bits per heavy atom. The molecule has 1 aromatic carbocycles. The van der Waals surface area contributed by atoms with E-state index in [1.165, 1.54) is 12.3 Å². The van der Waals surface area contributed by atoms with Gasteiger partial charge in [-0.05, 0) is 24.3 Å². The van der Waals surface area contributed by atoms with Crippen molar-refractivity contribution < 1.29 is 22.7 Å². The number of carbonyl (C=O) groups excluding carboxylic acids is 1. The summed E-state index contributed by atoms with van der Waals surface area (Å²) in [6.07, 6.45) is -1.56. The summed E-state index contributed by atoms with van der Waals surface area (Å²) in [5.41, 5.74) is -0.640. The number of halogens is 3. The number of benzene rings is 1. The molecule has 8 heteroatoms. The first-order chi connectivity index (χ1) is 11.9. The van der Waals surface area contributed by atoms with Crippen molar-refractivity contribution in [1.82, 2.24) is 9.97 Å². The number of ether oxygens (including phenoxy) is 1. The number of ketones is 1. The molecule has 0 amide bonds. The summed E-state index contributed by atoms with van der Waals surface area (Å²) in [5, 5.41) is 1.03. The van der Waals surface area contributed by atoms with Crippen molar-refractivity contribution in [3.05, 3.63) is 70.4 Å². The van der Waals surface area contributed by atoms with Gasteiger partial charge in [0.15, 0.2) is 11.5 Å². The second-order valence-electron chi connectivity index (χ2n) is 5.04. The molecule has 128 valence electrons. The van der Waals surface area contributed by atoms with E-state index >= 15 is 0 Å². The van der Waals surface area contributed by atoms with Crippen LogP contribution in [0.5, 0.6) is 11.5 Å². The fourth-order valence-corrected chi connectivity index (χ4v) is 2.84. The van der Waals surface area contributed by atoms with E-state index in [-0.39, 0.29) is 17.2 Å². The molecule has 0 saturated heterocycles. The van der Waals surface area contributed by atoms with Gasteiger partial charge in [-0.3, -0.25) is 9.78 Å². The van der Waals surface area contributed by atoms with Crippen LogP contribution in [0.1, 0.15) is 21.1 Å². The van der Waals surface area contributed by atoms with E-state index in [2.05, 4.69) is 9.97 Å². The van der Waals surface area contributed by atoms with Crippen LogP contribution in [-0.4, -0.2) is 15.8 Å². The number of thiazole rings is 1. The number of alkyl halides is 3. The van der Waals surface area contributed by atoms with E-state index in [1.54, 1.807) is 36.5 Å². The van der Waals surface area contributed by atoms with E-state index < -0.39 is 11.9 Å². The van der Waals surface area contributed by atoms with Gasteiger partial charge in [0, 0.05) is 17.1 Å². The van der Waals surface area contributed by atoms with E-state index in [4.69, 9.17) is 4.74 Å². The predicted molar refractivity (Wildman–Crippen MR) is 85.9 cm³/mol. The molecule has 0 aliphatic carbocycles. The molecule has 0 bridgehead atoms. The Kier molecular flexibility index (Phi) is 4.80. The van der Waals surface area contributed by atoms with Crippen LogP contribution in [0.25, 0.3) is 0 Å². The summed E-state index contributed by atoms with van der Waals surface area (Å²) in [4.78, 5) is 19.7. The molecule has 0 aliphatic rings. The minimum atomic E-state index is -4.50. The maximum atomic E-state index is 12.6. The Morgan fingerprint density at radius 1 is 1.16 bits per heavy atom. The van der Waals surface area contributed by atoms with Gasteiger partial charge in [-0.15, -0.1) is 11.3 Å². The number of nitrogens with zero attached hydrogens (tertiary/aromatic N) is 2. The highest BCUT2D eigenvalue weighted by Crippen LogP contribution is 2.30. The summed E-state index contributed by atoms with van der Waals surface area (Å²) >= 11 is 0.815. The van der Waals surface area contributed by atoms with Gasteiger partial charge in [0.25, 0.3) is 0 Å². The van der Waals surface area contributed by atoms with Crippen molar-refractivity contribution in [3.8, 4) is 11.5 Å². The van der Waals surface area contributed by atoms with Crippen LogP contribution in [0.3, 0.4) is 0 Å². The normalized spacial score (nSPS) is 11.3. The zero-order valence-corrected chi connectivity index (χ0v) is 13.5. The largest absolute Gasteiger partial charge is 0.456 e. The Balaban J connectivity index is 1.72. The number of Topliss-reactive ketones (excluding diaryl/α,β-unsaturated/α-hetero) is 1. The number of rotatable bonds is 5. The molecule has 3 rings (SSSR count). The van der Waals surface area contributed by atoms with E-state index in [0.29, 0.717) is 17.1 Å². The average molecular weight is 364 g/mol. The highest BCUT2D eigenvalue weighted by atomic mass is 32.1. The molecule has 0 aliphatic heterocycles. The van der Waals surface area contributed by atoms with Crippen LogP contribution >= 0.6 is 11.3 Å². The quantitative estimate of drug-likeness (QED) is 0.612. The molecule has 0 unspecified atom stereocenters. The number of pyridine rings is 1. The standard InChI is InChI=1S/C17H11F3N2O2S/c18-17(19,20)15-10-25-16(22-15)8-14(23)11-3-1-4-12(7-11)24-13-5-2-6-21-9-13/h1-7,9-10H,8H2. The smallest absolute Gasteiger partial charge is 0.434 e. The second-order valence-corrected chi connectivity index (χ2v) is 5.99. The third-order valence-electron chi connectivity index (χ3n) is 3.18. The monoisotopic (exact) mass is 364 g/mol. The molecule has 2 aromatic heterocycles. The highest BCUT2D eigenvalue weighted by molar-refractivity contribution is 7.09. The minimum Gasteiger partial charge on any atom is -0.456 e. The van der Waals surface area contributed by atoms with Gasteiger partial charge in [-0.2, -0.15) is 13.2 Å². The molecule has 3 aromatic rings. The SMILES string of the molecule is O=C(Cc1nc(C(F)(F)F)cs1)c1cccc(Oc2cccnc2)c1. The molecule has 0 radical (unpaired) electrons. The summed E-state index contributed by atoms with van der Waals surface area (Å²) in [7, 11) is 0. The molecule has 0 fully saturated rings. The van der Waals surface area contributed by atoms with Crippen LogP contribution < -0.4 is 4.74 Å². The molecule has 0 saturated carbocycles. The van der Waals surface area contributed by atoms with Gasteiger partial charge in [-0.25, -0.2) is 4.98 Å². The van der Waals surface area contributed by atoms with Gasteiger partial charge >= 0.3 is 6.18 Å². The lowest BCUT2D eigenvalue weighted by atomic mass is 10.1. The molecule has 4 nitrogen and oxygen atoms in total. The van der Waals surface area contributed by atoms with E-state index in [0.717, 1.165) is 16.7 Å². The van der Waals surface area contributed by atoms with Crippen LogP contribution in [0.2, 0.25) is 0 Å². The molecule has 2 heterocycles. The number of hydrogen-bond acceptors (Lipinski definition) is 5. The van der Waals surface area contributed by atoms with Gasteiger partial charge < -0.3 is 4.74 Å². The van der Waals surface area contributed by atoms with Crippen molar-refractivity contribution in [2.24, 2.45) is 0 Å². The third kappa shape index (κ3) is 4.42. The molecule has 0 spiro atoms. The molecule has 25 heavy (non-hydrogen) atoms. The van der Waals surface area contributed by atoms with Crippen LogP contribution in [-0.2, 0) is 12.6 Å². The van der Waals surface area contributed by atoms with Gasteiger partial charge in [0.05, 0.1) is 12.6 Å². The van der Waals surface area contributed by atoms with Crippen molar-refractivity contribution in [1.29, 1.82) is 0 Å². The maximum absolute atomic E-state index is 12.6. The maximum Gasteiger partial charge on any atom is 0.434 e. The molecular formula is C17H11F3N2O2S. The average Bonchev–Trinajstić information content (AvgIpc) is 3.05. The lowest BCUT2D eigenvalue weighted by Crippen LogP contribution is -2.07. The van der Waals surface area contributed by atoms with Crippen LogP contribution in [0.4, 0.5) is 13.2 Å². The minimum absolute atomic E-state index is 0.121. The topological polar surface area (TPSA) is 52.1 Å². The second kappa shape index (κ2) is 7.02. The number of aromatic nitrogens is 2. The van der Waals surface area contributed by atoms with Crippen molar-refractivity contribution >= 4 is 17.1 Å².